The van der Waals surface area contributed by atoms with Gasteiger partial charge in [0.15, 0.2) is 0 Å². The lowest BCUT2D eigenvalue weighted by Gasteiger charge is -2.55. The monoisotopic (exact) mass is 301 g/mol. The second kappa shape index (κ2) is 4.76. The highest BCUT2D eigenvalue weighted by molar-refractivity contribution is 5.95. The molecule has 4 saturated carbocycles. The van der Waals surface area contributed by atoms with Crippen molar-refractivity contribution in [2.24, 2.45) is 23.2 Å². The number of nitro groups is 1. The van der Waals surface area contributed by atoms with Crippen LogP contribution in [0, 0.1) is 33.3 Å². The summed E-state index contributed by atoms with van der Waals surface area (Å²) in [6, 6.07) is 2.89. The van der Waals surface area contributed by atoms with Gasteiger partial charge < -0.3 is 5.32 Å². The average molecular weight is 301 g/mol. The molecule has 0 aromatic carbocycles. The average Bonchev–Trinajstić information content (AvgIpc) is 2.46. The van der Waals surface area contributed by atoms with Crippen LogP contribution in [0.25, 0.3) is 0 Å². The number of hydrogen-bond donors (Lipinski definition) is 1. The van der Waals surface area contributed by atoms with Crippen LogP contribution >= 0.6 is 0 Å². The van der Waals surface area contributed by atoms with Gasteiger partial charge in [0.1, 0.15) is 12.0 Å². The summed E-state index contributed by atoms with van der Waals surface area (Å²) in [5.74, 6) is 2.60. The molecule has 1 aromatic rings. The summed E-state index contributed by atoms with van der Waals surface area (Å²) in [5.41, 5.74) is -0.286. The fourth-order valence-corrected chi connectivity index (χ4v) is 5.21. The Morgan fingerprint density at radius 2 is 1.77 bits per heavy atom. The summed E-state index contributed by atoms with van der Waals surface area (Å²) in [6.45, 7) is 0. The number of rotatable bonds is 3. The first-order valence-corrected chi connectivity index (χ1v) is 7.96. The van der Waals surface area contributed by atoms with Gasteiger partial charge in [0.2, 0.25) is 5.91 Å². The molecule has 6 nitrogen and oxygen atoms in total. The summed E-state index contributed by atoms with van der Waals surface area (Å²) >= 11 is 0. The molecule has 0 saturated heterocycles. The normalized spacial score (nSPS) is 35.4. The topological polar surface area (TPSA) is 85.1 Å². The molecule has 5 rings (SSSR count). The predicted molar refractivity (Wildman–Crippen MR) is 80.1 cm³/mol. The lowest BCUT2D eigenvalue weighted by Crippen LogP contribution is -2.51. The third kappa shape index (κ3) is 2.17. The van der Waals surface area contributed by atoms with Crippen molar-refractivity contribution in [3.63, 3.8) is 0 Å². The number of nitrogens with one attached hydrogen (secondary N) is 1. The molecule has 0 spiro atoms. The molecule has 116 valence electrons. The zero-order valence-electron chi connectivity index (χ0n) is 12.3. The van der Waals surface area contributed by atoms with Crippen molar-refractivity contribution in [3.05, 3.63) is 28.4 Å². The van der Waals surface area contributed by atoms with Gasteiger partial charge in [-0.15, -0.1) is 0 Å². The maximum atomic E-state index is 12.8. The van der Waals surface area contributed by atoms with Crippen LogP contribution in [0.15, 0.2) is 18.3 Å². The molecule has 4 fully saturated rings. The molecular formula is C16H19N3O3. The van der Waals surface area contributed by atoms with Crippen molar-refractivity contribution in [1.29, 1.82) is 0 Å². The van der Waals surface area contributed by atoms with Crippen LogP contribution in [0.5, 0.6) is 0 Å². The number of carbonyl (C=O) groups is 1. The summed E-state index contributed by atoms with van der Waals surface area (Å²) in [7, 11) is 0. The quantitative estimate of drug-likeness (QED) is 0.686. The predicted octanol–water partition coefficient (Wildman–Crippen LogP) is 3.14. The Morgan fingerprint density at radius 1 is 1.18 bits per heavy atom. The van der Waals surface area contributed by atoms with Gasteiger partial charge in [0, 0.05) is 6.07 Å². The van der Waals surface area contributed by atoms with Crippen LogP contribution in [0.4, 0.5) is 11.5 Å². The van der Waals surface area contributed by atoms with Crippen LogP contribution in [-0.2, 0) is 4.79 Å². The van der Waals surface area contributed by atoms with E-state index in [1.807, 2.05) is 0 Å². The Balaban J connectivity index is 1.51. The van der Waals surface area contributed by atoms with Crippen molar-refractivity contribution < 1.29 is 9.72 Å². The van der Waals surface area contributed by atoms with Crippen LogP contribution < -0.4 is 5.32 Å². The van der Waals surface area contributed by atoms with Crippen molar-refractivity contribution in [2.75, 3.05) is 5.32 Å². The maximum absolute atomic E-state index is 12.8. The number of anilines is 1. The van der Waals surface area contributed by atoms with E-state index in [-0.39, 0.29) is 17.0 Å². The van der Waals surface area contributed by atoms with Crippen LogP contribution in [0.3, 0.4) is 0 Å². The molecule has 0 aliphatic heterocycles. The zero-order chi connectivity index (χ0) is 15.3. The lowest BCUT2D eigenvalue weighted by molar-refractivity contribution is -0.385. The Kier molecular flexibility index (Phi) is 2.96. The molecule has 0 unspecified atom stereocenters. The van der Waals surface area contributed by atoms with Gasteiger partial charge in [0.25, 0.3) is 5.69 Å². The van der Waals surface area contributed by atoms with Gasteiger partial charge in [-0.1, -0.05) is 0 Å². The number of aromatic nitrogens is 1. The van der Waals surface area contributed by atoms with E-state index in [0.29, 0.717) is 23.6 Å². The molecular weight excluding hydrogens is 282 g/mol. The molecule has 22 heavy (non-hydrogen) atoms. The van der Waals surface area contributed by atoms with Gasteiger partial charge in [-0.2, -0.15) is 0 Å². The fraction of sp³-hybridized carbons (Fsp3) is 0.625. The van der Waals surface area contributed by atoms with Crippen LogP contribution in [0.2, 0.25) is 0 Å². The second-order valence-corrected chi connectivity index (χ2v) is 7.31. The molecule has 0 atom stereocenters. The number of hydrogen-bond acceptors (Lipinski definition) is 4. The minimum Gasteiger partial charge on any atom is -0.310 e. The van der Waals surface area contributed by atoms with Crippen molar-refractivity contribution in [2.45, 2.75) is 38.5 Å². The van der Waals surface area contributed by atoms with Crippen molar-refractivity contribution >= 4 is 17.4 Å². The van der Waals surface area contributed by atoms with Gasteiger partial charge in [-0.25, -0.2) is 4.98 Å². The number of pyridine rings is 1. The Labute approximate surface area is 128 Å². The maximum Gasteiger partial charge on any atom is 0.287 e. The molecule has 1 N–H and O–H groups in total. The Bertz CT molecular complexity index is 591. The highest BCUT2D eigenvalue weighted by atomic mass is 16.6. The Hall–Kier alpha value is -1.98. The fourth-order valence-electron chi connectivity index (χ4n) is 5.21. The summed E-state index contributed by atoms with van der Waals surface area (Å²) in [4.78, 5) is 26.9. The van der Waals surface area contributed by atoms with Crippen LogP contribution in [-0.4, -0.2) is 15.8 Å². The van der Waals surface area contributed by atoms with Crippen molar-refractivity contribution in [1.82, 2.24) is 4.98 Å². The SMILES string of the molecule is O=C(Nc1ccc([N+](=O)[O-])cn1)C12CC3CC(CC(C3)C1)C2. The highest BCUT2D eigenvalue weighted by Gasteiger charge is 2.54. The number of carbonyl (C=O) groups excluding carboxylic acids is 1. The molecule has 4 aliphatic rings. The molecule has 4 bridgehead atoms. The Morgan fingerprint density at radius 3 is 2.23 bits per heavy atom. The number of nitrogens with zero attached hydrogens (tertiary/aromatic N) is 2. The largest absolute Gasteiger partial charge is 0.310 e. The van der Waals surface area contributed by atoms with Gasteiger partial charge in [-0.05, 0) is 62.3 Å². The highest BCUT2D eigenvalue weighted by Crippen LogP contribution is 2.60. The van der Waals surface area contributed by atoms with Gasteiger partial charge in [0.05, 0.1) is 10.3 Å². The van der Waals surface area contributed by atoms with Crippen LogP contribution in [0.1, 0.15) is 38.5 Å². The third-order valence-electron chi connectivity index (χ3n) is 5.72. The van der Waals surface area contributed by atoms with Crippen molar-refractivity contribution in [3.8, 4) is 0 Å². The first-order valence-electron chi connectivity index (χ1n) is 7.96. The zero-order valence-corrected chi connectivity index (χ0v) is 12.3. The number of amides is 1. The van der Waals surface area contributed by atoms with E-state index in [2.05, 4.69) is 10.3 Å². The third-order valence-corrected chi connectivity index (χ3v) is 5.72. The minimum absolute atomic E-state index is 0.0622. The molecule has 0 radical (unpaired) electrons. The first-order chi connectivity index (χ1) is 10.5. The van der Waals surface area contributed by atoms with E-state index < -0.39 is 4.92 Å². The van der Waals surface area contributed by atoms with E-state index in [9.17, 15) is 14.9 Å². The summed E-state index contributed by atoms with van der Waals surface area (Å²) in [5, 5.41) is 13.5. The molecule has 1 amide bonds. The smallest absolute Gasteiger partial charge is 0.287 e. The van der Waals surface area contributed by atoms with Gasteiger partial charge >= 0.3 is 0 Å². The van der Waals surface area contributed by atoms with E-state index in [0.717, 1.165) is 19.3 Å². The minimum atomic E-state index is -0.488. The van der Waals surface area contributed by atoms with Gasteiger partial charge in [-0.3, -0.25) is 14.9 Å². The second-order valence-electron chi connectivity index (χ2n) is 7.31. The molecule has 1 aromatic heterocycles. The molecule has 6 heteroatoms. The van der Waals surface area contributed by atoms with E-state index in [4.69, 9.17) is 0 Å². The molecule has 4 aliphatic carbocycles. The van der Waals surface area contributed by atoms with E-state index in [1.54, 1.807) is 0 Å². The summed E-state index contributed by atoms with van der Waals surface area (Å²) < 4.78 is 0. The lowest BCUT2D eigenvalue weighted by atomic mass is 9.49. The first kappa shape index (κ1) is 13.7. The van der Waals surface area contributed by atoms with E-state index in [1.165, 1.54) is 37.6 Å². The summed E-state index contributed by atoms with van der Waals surface area (Å²) in [6.07, 6.45) is 8.07. The standard InChI is InChI=1S/C16H19N3O3/c20-15(18-14-2-1-13(9-17-14)19(21)22)16-6-10-3-11(7-16)5-12(4-10)8-16/h1-2,9-12H,3-8H2,(H,17,18,20). The van der Waals surface area contributed by atoms with E-state index >= 15 is 0 Å². The molecule has 1 heterocycles.